The number of hydrogen-bond acceptors (Lipinski definition) is 4. The lowest BCUT2D eigenvalue weighted by molar-refractivity contribution is -0.116. The van der Waals surface area contributed by atoms with Crippen LogP contribution in [0.1, 0.15) is 30.6 Å². The number of rotatable bonds is 8. The van der Waals surface area contributed by atoms with Gasteiger partial charge in [-0.3, -0.25) is 9.59 Å². The molecule has 2 aromatic carbocycles. The summed E-state index contributed by atoms with van der Waals surface area (Å²) < 4.78 is 26.0. The lowest BCUT2D eigenvalue weighted by Crippen LogP contribution is -2.36. The monoisotopic (exact) mass is 403 g/mol. The van der Waals surface area contributed by atoms with Crippen molar-refractivity contribution in [2.24, 2.45) is 0 Å². The summed E-state index contributed by atoms with van der Waals surface area (Å²) in [6.45, 7) is 3.47. The van der Waals surface area contributed by atoms with Crippen LogP contribution >= 0.6 is 0 Å². The van der Waals surface area contributed by atoms with Crippen molar-refractivity contribution in [2.45, 2.75) is 31.2 Å². The van der Waals surface area contributed by atoms with Crippen molar-refractivity contribution >= 4 is 27.5 Å². The molecule has 0 aliphatic rings. The van der Waals surface area contributed by atoms with Gasteiger partial charge in [-0.25, -0.2) is 8.42 Å². The molecule has 2 amide bonds. The van der Waals surface area contributed by atoms with Gasteiger partial charge in [0.25, 0.3) is 5.91 Å². The first-order valence-electron chi connectivity index (χ1n) is 8.96. The molecule has 0 fully saturated rings. The van der Waals surface area contributed by atoms with Crippen LogP contribution in [0.3, 0.4) is 0 Å². The summed E-state index contributed by atoms with van der Waals surface area (Å²) in [5.74, 6) is -0.832. The molecular formula is C20H25N3O4S. The first kappa shape index (κ1) is 21.6. The Hall–Kier alpha value is -2.71. The van der Waals surface area contributed by atoms with E-state index in [0.29, 0.717) is 11.3 Å². The van der Waals surface area contributed by atoms with Crippen molar-refractivity contribution in [1.29, 1.82) is 0 Å². The smallest absolute Gasteiger partial charge is 0.253 e. The molecule has 7 nitrogen and oxygen atoms in total. The Kier molecular flexibility index (Phi) is 7.31. The third kappa shape index (κ3) is 5.40. The number of carbonyl (C=O) groups is 2. The number of hydrogen-bond donors (Lipinski definition) is 2. The zero-order valence-corrected chi connectivity index (χ0v) is 17.0. The van der Waals surface area contributed by atoms with Crippen LogP contribution < -0.4 is 10.6 Å². The van der Waals surface area contributed by atoms with Gasteiger partial charge in [-0.05, 0) is 37.6 Å². The summed E-state index contributed by atoms with van der Waals surface area (Å²) in [4.78, 5) is 24.9. The van der Waals surface area contributed by atoms with Gasteiger partial charge in [0.15, 0.2) is 0 Å². The van der Waals surface area contributed by atoms with E-state index in [9.17, 15) is 18.0 Å². The molecule has 0 aromatic heterocycles. The van der Waals surface area contributed by atoms with E-state index in [1.807, 2.05) is 13.8 Å². The first-order chi connectivity index (χ1) is 13.3. The van der Waals surface area contributed by atoms with E-state index in [-0.39, 0.29) is 23.4 Å². The molecule has 0 bridgehead atoms. The lowest BCUT2D eigenvalue weighted by atomic mass is 10.1. The second kappa shape index (κ2) is 9.48. The molecule has 2 N–H and O–H groups in total. The van der Waals surface area contributed by atoms with E-state index in [1.165, 1.54) is 19.2 Å². The van der Waals surface area contributed by atoms with Crippen LogP contribution in [0.5, 0.6) is 0 Å². The number of nitrogens with one attached hydrogen (secondary N) is 2. The summed E-state index contributed by atoms with van der Waals surface area (Å²) in [5, 5.41) is 5.48. The van der Waals surface area contributed by atoms with Crippen LogP contribution in [0.2, 0.25) is 0 Å². The van der Waals surface area contributed by atoms with Crippen LogP contribution in [0.4, 0.5) is 5.69 Å². The molecule has 0 unspecified atom stereocenters. The molecule has 0 saturated heterocycles. The summed E-state index contributed by atoms with van der Waals surface area (Å²) in [6.07, 6.45) is 0.780. The fourth-order valence-corrected chi connectivity index (χ4v) is 3.59. The zero-order valence-electron chi connectivity index (χ0n) is 16.2. The Morgan fingerprint density at radius 1 is 1.04 bits per heavy atom. The average Bonchev–Trinajstić information content (AvgIpc) is 2.68. The van der Waals surface area contributed by atoms with Gasteiger partial charge in [-0.1, -0.05) is 37.3 Å². The van der Waals surface area contributed by atoms with Gasteiger partial charge in [0, 0.05) is 13.1 Å². The molecular weight excluding hydrogens is 378 g/mol. The minimum Gasteiger partial charge on any atom is -0.350 e. The predicted molar refractivity (Wildman–Crippen MR) is 109 cm³/mol. The van der Waals surface area contributed by atoms with Crippen molar-refractivity contribution < 1.29 is 18.0 Å². The molecule has 0 radical (unpaired) electrons. The minimum atomic E-state index is -3.78. The second-order valence-corrected chi connectivity index (χ2v) is 8.50. The van der Waals surface area contributed by atoms with E-state index in [0.717, 1.165) is 10.7 Å². The number of benzene rings is 2. The van der Waals surface area contributed by atoms with Crippen molar-refractivity contribution in [3.63, 3.8) is 0 Å². The molecule has 0 aliphatic carbocycles. The van der Waals surface area contributed by atoms with Gasteiger partial charge < -0.3 is 10.6 Å². The van der Waals surface area contributed by atoms with Crippen LogP contribution in [-0.4, -0.2) is 44.2 Å². The normalized spacial score (nSPS) is 12.4. The van der Waals surface area contributed by atoms with E-state index >= 15 is 0 Å². The van der Waals surface area contributed by atoms with Crippen molar-refractivity contribution in [2.75, 3.05) is 18.9 Å². The molecule has 1 atom stereocenters. The van der Waals surface area contributed by atoms with E-state index in [1.54, 1.807) is 42.5 Å². The maximum atomic E-state index is 12.5. The van der Waals surface area contributed by atoms with Crippen molar-refractivity contribution in [3.05, 3.63) is 60.2 Å². The molecule has 28 heavy (non-hydrogen) atoms. The molecule has 0 aliphatic heterocycles. The zero-order chi connectivity index (χ0) is 20.7. The van der Waals surface area contributed by atoms with Crippen molar-refractivity contribution in [1.82, 2.24) is 9.62 Å². The number of amides is 2. The third-order valence-electron chi connectivity index (χ3n) is 4.25. The average molecular weight is 404 g/mol. The minimum absolute atomic E-state index is 0.00148. The van der Waals surface area contributed by atoms with Gasteiger partial charge in [-0.15, -0.1) is 0 Å². The number of para-hydroxylation sites is 1. The molecule has 0 spiro atoms. The first-order valence-corrected chi connectivity index (χ1v) is 10.4. The summed E-state index contributed by atoms with van der Waals surface area (Å²) in [6, 6.07) is 14.5. The third-order valence-corrected chi connectivity index (χ3v) is 6.07. The topological polar surface area (TPSA) is 95.6 Å². The summed E-state index contributed by atoms with van der Waals surface area (Å²) in [5.41, 5.74) is 0.656. The van der Waals surface area contributed by atoms with E-state index < -0.39 is 15.9 Å². The maximum absolute atomic E-state index is 12.5. The Morgan fingerprint density at radius 3 is 2.29 bits per heavy atom. The van der Waals surface area contributed by atoms with Crippen LogP contribution in [0, 0.1) is 0 Å². The predicted octanol–water partition coefficient (Wildman–Crippen LogP) is 2.47. The van der Waals surface area contributed by atoms with Crippen molar-refractivity contribution in [3.8, 4) is 0 Å². The fourth-order valence-electron chi connectivity index (χ4n) is 2.44. The van der Waals surface area contributed by atoms with Crippen LogP contribution in [-0.2, 0) is 14.8 Å². The highest BCUT2D eigenvalue weighted by atomic mass is 32.2. The Labute approximate surface area is 165 Å². The van der Waals surface area contributed by atoms with Gasteiger partial charge >= 0.3 is 0 Å². The van der Waals surface area contributed by atoms with Gasteiger partial charge in [0.05, 0.1) is 22.7 Å². The number of anilines is 1. The lowest BCUT2D eigenvalue weighted by Gasteiger charge is -2.18. The quantitative estimate of drug-likeness (QED) is 0.708. The van der Waals surface area contributed by atoms with Gasteiger partial charge in [0.2, 0.25) is 15.9 Å². The van der Waals surface area contributed by atoms with Gasteiger partial charge in [-0.2, -0.15) is 4.31 Å². The second-order valence-electron chi connectivity index (χ2n) is 6.45. The Bertz CT molecular complexity index is 929. The number of likely N-dealkylation sites (N-methyl/N-ethyl adjacent to an activating group) is 1. The summed E-state index contributed by atoms with van der Waals surface area (Å²) >= 11 is 0. The largest absolute Gasteiger partial charge is 0.350 e. The molecule has 8 heteroatoms. The molecule has 150 valence electrons. The van der Waals surface area contributed by atoms with E-state index in [2.05, 4.69) is 10.6 Å². The molecule has 2 rings (SSSR count). The summed E-state index contributed by atoms with van der Waals surface area (Å²) in [7, 11) is -2.44. The highest BCUT2D eigenvalue weighted by Crippen LogP contribution is 2.17. The Morgan fingerprint density at radius 2 is 1.64 bits per heavy atom. The Balaban J connectivity index is 2.10. The standard InChI is InChI=1S/C20H25N3O4S/c1-4-15(2)21-20(25)17-12-8-9-13-18(17)22-19(24)14-23(3)28(26,27)16-10-6-5-7-11-16/h5-13,15H,4,14H2,1-3H3,(H,21,25)(H,22,24)/t15-/m1/s1. The molecule has 0 saturated carbocycles. The highest BCUT2D eigenvalue weighted by molar-refractivity contribution is 7.89. The fraction of sp³-hybridized carbons (Fsp3) is 0.300. The van der Waals surface area contributed by atoms with E-state index in [4.69, 9.17) is 0 Å². The number of nitrogens with zero attached hydrogens (tertiary/aromatic N) is 1. The molecule has 0 heterocycles. The van der Waals surface area contributed by atoms with Crippen LogP contribution in [0.25, 0.3) is 0 Å². The van der Waals surface area contributed by atoms with Gasteiger partial charge in [0.1, 0.15) is 0 Å². The number of carbonyl (C=O) groups excluding carboxylic acids is 2. The highest BCUT2D eigenvalue weighted by Gasteiger charge is 2.23. The van der Waals surface area contributed by atoms with Crippen LogP contribution in [0.15, 0.2) is 59.5 Å². The maximum Gasteiger partial charge on any atom is 0.253 e. The SMILES string of the molecule is CC[C@@H](C)NC(=O)c1ccccc1NC(=O)CN(C)S(=O)(=O)c1ccccc1. The molecule has 2 aromatic rings. The number of sulfonamides is 1.